The summed E-state index contributed by atoms with van der Waals surface area (Å²) in [4.78, 5) is 10.2. The minimum atomic E-state index is -3.41. The molecule has 6 nitrogen and oxygen atoms in total. The monoisotopic (exact) mass is 244 g/mol. The van der Waals surface area contributed by atoms with Gasteiger partial charge in [0.1, 0.15) is 0 Å². The Kier molecular flexibility index (Phi) is 3.48. The van der Waals surface area contributed by atoms with Gasteiger partial charge in [0.15, 0.2) is 0 Å². The molecular formula is C9H12N2O4S. The van der Waals surface area contributed by atoms with E-state index >= 15 is 0 Å². The number of nitrogens with one attached hydrogen (secondary N) is 1. The average Bonchev–Trinajstić information content (AvgIpc) is 2.15. The van der Waals surface area contributed by atoms with Gasteiger partial charge in [0, 0.05) is 11.6 Å². The Bertz CT molecular complexity index is 510. The van der Waals surface area contributed by atoms with Crippen LogP contribution in [0, 0.1) is 10.1 Å². The molecule has 0 aliphatic carbocycles. The highest BCUT2D eigenvalue weighted by atomic mass is 32.2. The number of sulfonamides is 1. The van der Waals surface area contributed by atoms with E-state index in [-0.39, 0.29) is 11.4 Å². The molecule has 0 aliphatic heterocycles. The Balaban J connectivity index is 3.17. The largest absolute Gasteiger partial charge is 0.284 e. The van der Waals surface area contributed by atoms with Crippen molar-refractivity contribution in [3.8, 4) is 0 Å². The summed E-state index contributed by atoms with van der Waals surface area (Å²) in [5.41, 5.74) is 0.701. The van der Waals surface area contributed by atoms with Crippen LogP contribution in [0.5, 0.6) is 0 Å². The Morgan fingerprint density at radius 3 is 2.50 bits per heavy atom. The fourth-order valence-electron chi connectivity index (χ4n) is 1.31. The fraction of sp³-hybridized carbons (Fsp3) is 0.333. The van der Waals surface area contributed by atoms with Gasteiger partial charge in [-0.05, 0) is 12.5 Å². The molecule has 88 valence electrons. The van der Waals surface area contributed by atoms with Gasteiger partial charge in [0.05, 0.1) is 16.9 Å². The molecule has 0 unspecified atom stereocenters. The minimum absolute atomic E-state index is 0.0730. The number of nitro groups is 1. The lowest BCUT2D eigenvalue weighted by molar-refractivity contribution is -0.385. The van der Waals surface area contributed by atoms with E-state index in [1.807, 2.05) is 0 Å². The Morgan fingerprint density at radius 1 is 1.44 bits per heavy atom. The minimum Gasteiger partial charge on any atom is -0.284 e. The molecule has 16 heavy (non-hydrogen) atoms. The summed E-state index contributed by atoms with van der Waals surface area (Å²) in [5.74, 6) is 0. The van der Waals surface area contributed by atoms with Gasteiger partial charge in [0.25, 0.3) is 5.69 Å². The van der Waals surface area contributed by atoms with Crippen molar-refractivity contribution in [3.05, 3.63) is 33.9 Å². The van der Waals surface area contributed by atoms with E-state index in [0.29, 0.717) is 12.0 Å². The molecule has 1 aromatic carbocycles. The van der Waals surface area contributed by atoms with Crippen molar-refractivity contribution in [3.63, 3.8) is 0 Å². The van der Waals surface area contributed by atoms with Crippen molar-refractivity contribution in [2.75, 3.05) is 11.0 Å². The zero-order chi connectivity index (χ0) is 12.3. The zero-order valence-electron chi connectivity index (χ0n) is 8.93. The average molecular weight is 244 g/mol. The maximum absolute atomic E-state index is 11.0. The maximum atomic E-state index is 11.0. The van der Waals surface area contributed by atoms with E-state index in [4.69, 9.17) is 0 Å². The Labute approximate surface area is 93.5 Å². The number of benzene rings is 1. The normalized spacial score (nSPS) is 11.1. The topological polar surface area (TPSA) is 89.3 Å². The van der Waals surface area contributed by atoms with Gasteiger partial charge in [-0.1, -0.05) is 13.0 Å². The molecule has 0 spiro atoms. The van der Waals surface area contributed by atoms with Crippen LogP contribution in [-0.2, 0) is 16.4 Å². The Morgan fingerprint density at radius 2 is 2.06 bits per heavy atom. The quantitative estimate of drug-likeness (QED) is 0.642. The predicted molar refractivity (Wildman–Crippen MR) is 60.9 cm³/mol. The molecule has 0 heterocycles. The second-order valence-corrected chi connectivity index (χ2v) is 5.08. The zero-order valence-corrected chi connectivity index (χ0v) is 9.74. The number of hydrogen-bond donors (Lipinski definition) is 1. The third-order valence-electron chi connectivity index (χ3n) is 1.97. The lowest BCUT2D eigenvalue weighted by atomic mass is 10.1. The number of aryl methyl sites for hydroxylation is 1. The van der Waals surface area contributed by atoms with Crippen LogP contribution in [0.1, 0.15) is 12.5 Å². The molecule has 0 aromatic heterocycles. The number of nitrogens with zero attached hydrogens (tertiary/aromatic N) is 1. The number of hydrogen-bond acceptors (Lipinski definition) is 4. The molecule has 1 aromatic rings. The van der Waals surface area contributed by atoms with Gasteiger partial charge in [-0.25, -0.2) is 8.42 Å². The van der Waals surface area contributed by atoms with E-state index in [1.54, 1.807) is 13.0 Å². The summed E-state index contributed by atoms with van der Waals surface area (Å²) in [5, 5.41) is 10.7. The maximum Gasteiger partial charge on any atom is 0.274 e. The first-order valence-corrected chi connectivity index (χ1v) is 6.47. The van der Waals surface area contributed by atoms with Gasteiger partial charge >= 0.3 is 0 Å². The summed E-state index contributed by atoms with van der Waals surface area (Å²) in [7, 11) is -3.41. The standard InChI is InChI=1S/C9H12N2O4S/c1-3-7-4-5-8(10-16(2,14)15)6-9(7)11(12)13/h4-6,10H,3H2,1-2H3. The van der Waals surface area contributed by atoms with Crippen molar-refractivity contribution < 1.29 is 13.3 Å². The van der Waals surface area contributed by atoms with E-state index in [0.717, 1.165) is 6.26 Å². The third-order valence-corrected chi connectivity index (χ3v) is 2.57. The molecule has 0 atom stereocenters. The van der Waals surface area contributed by atoms with Crippen LogP contribution >= 0.6 is 0 Å². The highest BCUT2D eigenvalue weighted by Crippen LogP contribution is 2.23. The van der Waals surface area contributed by atoms with E-state index in [2.05, 4.69) is 4.72 Å². The first-order valence-electron chi connectivity index (χ1n) is 4.58. The van der Waals surface area contributed by atoms with Crippen LogP contribution in [0.4, 0.5) is 11.4 Å². The molecule has 0 saturated heterocycles. The van der Waals surface area contributed by atoms with Crippen LogP contribution in [0.2, 0.25) is 0 Å². The SMILES string of the molecule is CCc1ccc(NS(C)(=O)=O)cc1[N+](=O)[O-]. The first kappa shape index (κ1) is 12.4. The van der Waals surface area contributed by atoms with Crippen LogP contribution in [0.3, 0.4) is 0 Å². The molecular weight excluding hydrogens is 232 g/mol. The highest BCUT2D eigenvalue weighted by molar-refractivity contribution is 7.92. The van der Waals surface area contributed by atoms with Crippen molar-refractivity contribution in [2.45, 2.75) is 13.3 Å². The van der Waals surface area contributed by atoms with Crippen molar-refractivity contribution >= 4 is 21.4 Å². The molecule has 1 rings (SSSR count). The van der Waals surface area contributed by atoms with E-state index < -0.39 is 14.9 Å². The second kappa shape index (κ2) is 4.48. The fourth-order valence-corrected chi connectivity index (χ4v) is 1.87. The van der Waals surface area contributed by atoms with Crippen LogP contribution in [-0.4, -0.2) is 19.6 Å². The summed E-state index contributed by atoms with van der Waals surface area (Å²) in [6.07, 6.45) is 1.52. The first-order chi connectivity index (χ1) is 7.33. The lowest BCUT2D eigenvalue weighted by Gasteiger charge is -2.05. The molecule has 0 fully saturated rings. The van der Waals surface area contributed by atoms with Crippen molar-refractivity contribution in [1.82, 2.24) is 0 Å². The summed E-state index contributed by atoms with van der Waals surface area (Å²) >= 11 is 0. The van der Waals surface area contributed by atoms with Gasteiger partial charge < -0.3 is 0 Å². The van der Waals surface area contributed by atoms with Gasteiger partial charge in [0.2, 0.25) is 10.0 Å². The molecule has 0 amide bonds. The highest BCUT2D eigenvalue weighted by Gasteiger charge is 2.14. The second-order valence-electron chi connectivity index (χ2n) is 3.33. The van der Waals surface area contributed by atoms with Crippen molar-refractivity contribution in [2.24, 2.45) is 0 Å². The number of nitro benzene ring substituents is 1. The molecule has 0 bridgehead atoms. The summed E-state index contributed by atoms with van der Waals surface area (Å²) < 4.78 is 24.1. The number of anilines is 1. The Hall–Kier alpha value is -1.63. The van der Waals surface area contributed by atoms with Gasteiger partial charge in [-0.2, -0.15) is 0 Å². The summed E-state index contributed by atoms with van der Waals surface area (Å²) in [6.45, 7) is 1.80. The molecule has 0 saturated carbocycles. The molecule has 0 radical (unpaired) electrons. The molecule has 7 heteroatoms. The molecule has 0 aliphatic rings. The molecule has 1 N–H and O–H groups in total. The summed E-state index contributed by atoms with van der Waals surface area (Å²) in [6, 6.07) is 4.28. The lowest BCUT2D eigenvalue weighted by Crippen LogP contribution is -2.10. The van der Waals surface area contributed by atoms with Crippen LogP contribution in [0.25, 0.3) is 0 Å². The van der Waals surface area contributed by atoms with Crippen LogP contribution < -0.4 is 4.72 Å². The van der Waals surface area contributed by atoms with Gasteiger partial charge in [-0.3, -0.25) is 14.8 Å². The van der Waals surface area contributed by atoms with Gasteiger partial charge in [-0.15, -0.1) is 0 Å². The van der Waals surface area contributed by atoms with Crippen LogP contribution in [0.15, 0.2) is 18.2 Å². The number of rotatable bonds is 4. The van der Waals surface area contributed by atoms with E-state index in [9.17, 15) is 18.5 Å². The van der Waals surface area contributed by atoms with Crippen molar-refractivity contribution in [1.29, 1.82) is 0 Å². The predicted octanol–water partition coefficient (Wildman–Crippen LogP) is 1.53. The van der Waals surface area contributed by atoms with E-state index in [1.165, 1.54) is 12.1 Å². The smallest absolute Gasteiger partial charge is 0.274 e. The third kappa shape index (κ3) is 3.20.